The van der Waals surface area contributed by atoms with Gasteiger partial charge in [0.1, 0.15) is 6.33 Å². The summed E-state index contributed by atoms with van der Waals surface area (Å²) in [4.78, 5) is 4.38. The lowest BCUT2D eigenvalue weighted by Crippen LogP contribution is -2.01. The lowest BCUT2D eigenvalue weighted by atomic mass is 10.1. The third-order valence-electron chi connectivity index (χ3n) is 3.16. The van der Waals surface area contributed by atoms with E-state index >= 15 is 0 Å². The SMILES string of the molecule is Cc1ccc(Cn2cnc(-c3cccc(I)c3)n2)c(Cl)c1. The van der Waals surface area contributed by atoms with Gasteiger partial charge in [-0.2, -0.15) is 5.10 Å². The molecular weight excluding hydrogens is 397 g/mol. The predicted molar refractivity (Wildman–Crippen MR) is 93.5 cm³/mol. The average Bonchev–Trinajstić information content (AvgIpc) is 2.91. The number of halogens is 2. The van der Waals surface area contributed by atoms with Crippen LogP contribution in [0.5, 0.6) is 0 Å². The Morgan fingerprint density at radius 1 is 1.19 bits per heavy atom. The molecule has 2 aromatic carbocycles. The van der Waals surface area contributed by atoms with E-state index in [0.717, 1.165) is 27.5 Å². The lowest BCUT2D eigenvalue weighted by Gasteiger charge is -2.05. The van der Waals surface area contributed by atoms with Crippen LogP contribution in [0.25, 0.3) is 11.4 Å². The minimum atomic E-state index is 0.621. The standard InChI is InChI=1S/C16H13ClIN3/c1-11-5-6-13(15(17)7-11)9-21-10-19-16(20-21)12-3-2-4-14(18)8-12/h2-8,10H,9H2,1H3. The summed E-state index contributed by atoms with van der Waals surface area (Å²) < 4.78 is 2.98. The fourth-order valence-corrected chi connectivity index (χ4v) is 2.92. The molecule has 0 N–H and O–H groups in total. The van der Waals surface area contributed by atoms with E-state index in [1.54, 1.807) is 6.33 Å². The van der Waals surface area contributed by atoms with Crippen molar-refractivity contribution in [2.45, 2.75) is 13.5 Å². The minimum Gasteiger partial charge on any atom is -0.248 e. The second kappa shape index (κ2) is 6.15. The van der Waals surface area contributed by atoms with Crippen molar-refractivity contribution in [3.63, 3.8) is 0 Å². The summed E-state index contributed by atoms with van der Waals surface area (Å²) >= 11 is 8.55. The van der Waals surface area contributed by atoms with Crippen LogP contribution in [0.4, 0.5) is 0 Å². The normalized spacial score (nSPS) is 10.8. The summed E-state index contributed by atoms with van der Waals surface area (Å²) in [5, 5.41) is 5.29. The fourth-order valence-electron chi connectivity index (χ4n) is 2.09. The molecule has 5 heteroatoms. The van der Waals surface area contributed by atoms with E-state index in [1.807, 2.05) is 41.9 Å². The van der Waals surface area contributed by atoms with Gasteiger partial charge in [-0.15, -0.1) is 0 Å². The van der Waals surface area contributed by atoms with E-state index in [2.05, 4.69) is 44.8 Å². The largest absolute Gasteiger partial charge is 0.248 e. The quantitative estimate of drug-likeness (QED) is 0.594. The van der Waals surface area contributed by atoms with Gasteiger partial charge in [-0.05, 0) is 58.8 Å². The molecule has 0 aliphatic carbocycles. The molecule has 0 amide bonds. The number of aromatic nitrogens is 3. The van der Waals surface area contributed by atoms with Crippen LogP contribution in [-0.2, 0) is 6.54 Å². The molecule has 0 radical (unpaired) electrons. The van der Waals surface area contributed by atoms with Gasteiger partial charge in [-0.3, -0.25) is 0 Å². The van der Waals surface area contributed by atoms with Crippen molar-refractivity contribution < 1.29 is 0 Å². The average molecular weight is 410 g/mol. The Hall–Kier alpha value is -1.40. The highest BCUT2D eigenvalue weighted by Crippen LogP contribution is 2.20. The van der Waals surface area contributed by atoms with Crippen molar-refractivity contribution in [1.82, 2.24) is 14.8 Å². The molecule has 0 unspecified atom stereocenters. The van der Waals surface area contributed by atoms with Crippen LogP contribution in [0.15, 0.2) is 48.8 Å². The Balaban J connectivity index is 1.85. The molecule has 1 heterocycles. The van der Waals surface area contributed by atoms with E-state index in [0.29, 0.717) is 6.54 Å². The summed E-state index contributed by atoms with van der Waals surface area (Å²) in [5.74, 6) is 0.733. The molecule has 0 fully saturated rings. The molecule has 0 aliphatic rings. The molecule has 0 saturated carbocycles. The molecule has 21 heavy (non-hydrogen) atoms. The summed E-state index contributed by atoms with van der Waals surface area (Å²) in [6, 6.07) is 14.2. The van der Waals surface area contributed by atoms with E-state index in [-0.39, 0.29) is 0 Å². The summed E-state index contributed by atoms with van der Waals surface area (Å²) in [6.45, 7) is 2.65. The smallest absolute Gasteiger partial charge is 0.181 e. The van der Waals surface area contributed by atoms with Gasteiger partial charge in [-0.1, -0.05) is 35.9 Å². The van der Waals surface area contributed by atoms with E-state index in [9.17, 15) is 0 Å². The Kier molecular flexibility index (Phi) is 4.26. The lowest BCUT2D eigenvalue weighted by molar-refractivity contribution is 0.687. The molecule has 0 aliphatic heterocycles. The fraction of sp³-hybridized carbons (Fsp3) is 0.125. The van der Waals surface area contributed by atoms with Crippen molar-refractivity contribution in [3.8, 4) is 11.4 Å². The number of benzene rings is 2. The monoisotopic (exact) mass is 409 g/mol. The van der Waals surface area contributed by atoms with Gasteiger partial charge >= 0.3 is 0 Å². The minimum absolute atomic E-state index is 0.621. The van der Waals surface area contributed by atoms with Gasteiger partial charge in [0.2, 0.25) is 0 Å². The van der Waals surface area contributed by atoms with E-state index < -0.39 is 0 Å². The number of nitrogens with zero attached hydrogens (tertiary/aromatic N) is 3. The first kappa shape index (κ1) is 14.5. The Bertz CT molecular complexity index is 783. The molecular formula is C16H13ClIN3. The number of hydrogen-bond acceptors (Lipinski definition) is 2. The third-order valence-corrected chi connectivity index (χ3v) is 4.18. The number of hydrogen-bond donors (Lipinski definition) is 0. The zero-order valence-electron chi connectivity index (χ0n) is 11.4. The van der Waals surface area contributed by atoms with Crippen molar-refractivity contribution in [2.75, 3.05) is 0 Å². The van der Waals surface area contributed by atoms with Gasteiger partial charge in [0.05, 0.1) is 6.54 Å². The Labute approximate surface area is 142 Å². The molecule has 3 rings (SSSR count). The van der Waals surface area contributed by atoms with Crippen LogP contribution in [-0.4, -0.2) is 14.8 Å². The van der Waals surface area contributed by atoms with Crippen LogP contribution < -0.4 is 0 Å². The molecule has 0 bridgehead atoms. The topological polar surface area (TPSA) is 30.7 Å². The van der Waals surface area contributed by atoms with Gasteiger partial charge in [0.25, 0.3) is 0 Å². The van der Waals surface area contributed by atoms with Gasteiger partial charge in [0.15, 0.2) is 5.82 Å². The highest BCUT2D eigenvalue weighted by Gasteiger charge is 2.07. The predicted octanol–water partition coefficient (Wildman–Crippen LogP) is 4.56. The highest BCUT2D eigenvalue weighted by atomic mass is 127. The summed E-state index contributed by atoms with van der Waals surface area (Å²) in [5.41, 5.74) is 3.22. The molecule has 106 valence electrons. The van der Waals surface area contributed by atoms with Crippen LogP contribution in [0.2, 0.25) is 5.02 Å². The molecule has 0 atom stereocenters. The van der Waals surface area contributed by atoms with Gasteiger partial charge < -0.3 is 0 Å². The zero-order valence-corrected chi connectivity index (χ0v) is 14.3. The molecule has 0 saturated heterocycles. The molecule has 0 spiro atoms. The molecule has 3 nitrogen and oxygen atoms in total. The summed E-state index contributed by atoms with van der Waals surface area (Å²) in [7, 11) is 0. The maximum absolute atomic E-state index is 6.26. The first-order valence-electron chi connectivity index (χ1n) is 6.52. The third kappa shape index (κ3) is 3.44. The van der Waals surface area contributed by atoms with Gasteiger partial charge in [-0.25, -0.2) is 9.67 Å². The number of aryl methyl sites for hydroxylation is 1. The van der Waals surface area contributed by atoms with Crippen molar-refractivity contribution >= 4 is 34.2 Å². The van der Waals surface area contributed by atoms with Crippen LogP contribution >= 0.6 is 34.2 Å². The maximum atomic E-state index is 6.26. The molecule has 1 aromatic heterocycles. The number of rotatable bonds is 3. The molecule has 3 aromatic rings. The van der Waals surface area contributed by atoms with Crippen molar-refractivity contribution in [3.05, 3.63) is 68.5 Å². The van der Waals surface area contributed by atoms with E-state index in [4.69, 9.17) is 11.6 Å². The van der Waals surface area contributed by atoms with Crippen LogP contribution in [0.3, 0.4) is 0 Å². The Morgan fingerprint density at radius 3 is 2.81 bits per heavy atom. The second-order valence-corrected chi connectivity index (χ2v) is 6.52. The van der Waals surface area contributed by atoms with Crippen LogP contribution in [0.1, 0.15) is 11.1 Å². The summed E-state index contributed by atoms with van der Waals surface area (Å²) in [6.07, 6.45) is 1.74. The highest BCUT2D eigenvalue weighted by molar-refractivity contribution is 14.1. The van der Waals surface area contributed by atoms with Crippen LogP contribution in [0, 0.1) is 10.5 Å². The first-order chi connectivity index (χ1) is 10.1. The van der Waals surface area contributed by atoms with Gasteiger partial charge in [0, 0.05) is 14.2 Å². The Morgan fingerprint density at radius 2 is 2.05 bits per heavy atom. The first-order valence-corrected chi connectivity index (χ1v) is 7.98. The second-order valence-electron chi connectivity index (χ2n) is 4.87. The van der Waals surface area contributed by atoms with Crippen molar-refractivity contribution in [2.24, 2.45) is 0 Å². The van der Waals surface area contributed by atoms with E-state index in [1.165, 1.54) is 3.57 Å². The van der Waals surface area contributed by atoms with Crippen molar-refractivity contribution in [1.29, 1.82) is 0 Å². The zero-order chi connectivity index (χ0) is 14.8. The maximum Gasteiger partial charge on any atom is 0.181 e.